The Balaban J connectivity index is 1.56. The third-order valence-electron chi connectivity index (χ3n) is 4.89. The highest BCUT2D eigenvalue weighted by Crippen LogP contribution is 2.27. The van der Waals surface area contributed by atoms with Crippen molar-refractivity contribution >= 4 is 34.9 Å². The number of carbonyl (C=O) groups is 1. The fraction of sp³-hybridized carbons (Fsp3) is 0.227. The van der Waals surface area contributed by atoms with Gasteiger partial charge in [-0.1, -0.05) is 23.7 Å². The van der Waals surface area contributed by atoms with Gasteiger partial charge in [0.25, 0.3) is 0 Å². The molecule has 3 aromatic rings. The molecule has 0 unspecified atom stereocenters. The van der Waals surface area contributed by atoms with Crippen molar-refractivity contribution in [3.8, 4) is 0 Å². The van der Waals surface area contributed by atoms with Crippen LogP contribution in [0.15, 0.2) is 48.5 Å². The van der Waals surface area contributed by atoms with Crippen LogP contribution in [0.3, 0.4) is 0 Å². The highest BCUT2D eigenvalue weighted by atomic mass is 35.5. The number of nitrogens with one attached hydrogen (secondary N) is 1. The molecule has 0 bridgehead atoms. The van der Waals surface area contributed by atoms with Gasteiger partial charge in [-0.2, -0.15) is 0 Å². The van der Waals surface area contributed by atoms with Crippen molar-refractivity contribution in [2.24, 2.45) is 0 Å². The van der Waals surface area contributed by atoms with Gasteiger partial charge in [-0.25, -0.2) is 14.8 Å². The second-order valence-electron chi connectivity index (χ2n) is 6.94. The van der Waals surface area contributed by atoms with Gasteiger partial charge < -0.3 is 15.0 Å². The minimum Gasteiger partial charge on any atom is -0.465 e. The van der Waals surface area contributed by atoms with Crippen molar-refractivity contribution in [1.82, 2.24) is 9.97 Å². The van der Waals surface area contributed by atoms with E-state index in [1.54, 1.807) is 0 Å². The average molecular weight is 409 g/mol. The van der Waals surface area contributed by atoms with Crippen LogP contribution in [-0.2, 0) is 17.7 Å². The number of nitrogens with zero attached hydrogens (tertiary/aromatic N) is 3. The maximum absolute atomic E-state index is 11.8. The fourth-order valence-corrected chi connectivity index (χ4v) is 3.68. The van der Waals surface area contributed by atoms with E-state index in [-0.39, 0.29) is 5.97 Å². The molecule has 0 amide bonds. The minimum atomic E-state index is -0.307. The number of aromatic nitrogens is 2. The second-order valence-corrected chi connectivity index (χ2v) is 7.38. The molecule has 4 rings (SSSR count). The van der Waals surface area contributed by atoms with Gasteiger partial charge in [0, 0.05) is 29.9 Å². The first-order chi connectivity index (χ1) is 14.0. The third-order valence-corrected chi connectivity index (χ3v) is 5.12. The van der Waals surface area contributed by atoms with E-state index in [9.17, 15) is 4.79 Å². The molecule has 1 aromatic heterocycles. The van der Waals surface area contributed by atoms with Crippen LogP contribution in [0.25, 0.3) is 0 Å². The monoisotopic (exact) mass is 408 g/mol. The number of halogens is 1. The van der Waals surface area contributed by atoms with Crippen LogP contribution in [-0.4, -0.2) is 29.6 Å². The quantitative estimate of drug-likeness (QED) is 0.639. The molecule has 6 nitrogen and oxygen atoms in total. The van der Waals surface area contributed by atoms with E-state index in [4.69, 9.17) is 16.3 Å². The molecule has 0 radical (unpaired) electrons. The maximum atomic E-state index is 11.8. The highest BCUT2D eigenvalue weighted by molar-refractivity contribution is 6.30. The van der Waals surface area contributed by atoms with E-state index < -0.39 is 0 Å². The van der Waals surface area contributed by atoms with Crippen LogP contribution in [0.2, 0.25) is 5.02 Å². The van der Waals surface area contributed by atoms with E-state index in [0.717, 1.165) is 36.8 Å². The van der Waals surface area contributed by atoms with Gasteiger partial charge in [0.15, 0.2) is 0 Å². The molecule has 0 atom stereocenters. The normalized spacial score (nSPS) is 13.0. The molecular weight excluding hydrogens is 388 g/mol. The number of fused-ring (bicyclic) bond motifs is 1. The van der Waals surface area contributed by atoms with Crippen molar-refractivity contribution in [2.45, 2.75) is 19.9 Å². The number of benzene rings is 2. The zero-order valence-corrected chi connectivity index (χ0v) is 17.0. The summed E-state index contributed by atoms with van der Waals surface area (Å²) < 4.78 is 4.82. The van der Waals surface area contributed by atoms with E-state index in [2.05, 4.69) is 20.2 Å². The molecule has 2 heterocycles. The first-order valence-electron chi connectivity index (χ1n) is 9.35. The summed E-state index contributed by atoms with van der Waals surface area (Å²) in [4.78, 5) is 23.1. The number of aryl methyl sites for hydroxylation is 1. The Morgan fingerprint density at radius 3 is 2.79 bits per heavy atom. The molecule has 2 aromatic carbocycles. The number of hydrogen-bond donors (Lipinski definition) is 1. The van der Waals surface area contributed by atoms with Crippen molar-refractivity contribution in [3.05, 3.63) is 76.1 Å². The molecule has 7 heteroatoms. The molecule has 29 heavy (non-hydrogen) atoms. The number of rotatable bonds is 4. The first-order valence-corrected chi connectivity index (χ1v) is 9.73. The highest BCUT2D eigenvalue weighted by Gasteiger charge is 2.20. The van der Waals surface area contributed by atoms with E-state index in [1.807, 2.05) is 55.5 Å². The molecule has 0 saturated carbocycles. The summed E-state index contributed by atoms with van der Waals surface area (Å²) in [7, 11) is 1.40. The predicted octanol–water partition coefficient (Wildman–Crippen LogP) is 4.53. The van der Waals surface area contributed by atoms with Crippen molar-refractivity contribution in [3.63, 3.8) is 0 Å². The van der Waals surface area contributed by atoms with Crippen LogP contribution >= 0.6 is 11.6 Å². The molecule has 1 aliphatic rings. The van der Waals surface area contributed by atoms with Gasteiger partial charge in [0.05, 0.1) is 12.7 Å². The maximum Gasteiger partial charge on any atom is 0.337 e. The average Bonchev–Trinajstić information content (AvgIpc) is 2.72. The molecule has 0 spiro atoms. The largest absolute Gasteiger partial charge is 0.465 e. The number of anilines is 3. The minimum absolute atomic E-state index is 0.307. The van der Waals surface area contributed by atoms with Crippen LogP contribution in [0, 0.1) is 6.92 Å². The molecule has 0 fully saturated rings. The summed E-state index contributed by atoms with van der Waals surface area (Å²) in [5, 5.41) is 3.96. The van der Waals surface area contributed by atoms with Gasteiger partial charge in [-0.05, 0) is 54.8 Å². The Morgan fingerprint density at radius 1 is 1.14 bits per heavy atom. The molecular formula is C22H21ClN4O2. The fourth-order valence-electron chi connectivity index (χ4n) is 3.49. The molecule has 0 saturated heterocycles. The van der Waals surface area contributed by atoms with E-state index in [1.165, 1.54) is 18.2 Å². The van der Waals surface area contributed by atoms with Gasteiger partial charge >= 0.3 is 5.97 Å². The number of carbonyl (C=O) groups excluding carboxylic acids is 1. The van der Waals surface area contributed by atoms with Crippen molar-refractivity contribution < 1.29 is 9.53 Å². The lowest BCUT2D eigenvalue weighted by Crippen LogP contribution is -2.31. The Bertz CT molecular complexity index is 1070. The van der Waals surface area contributed by atoms with Gasteiger partial charge in [0.2, 0.25) is 0 Å². The second kappa shape index (κ2) is 8.09. The van der Waals surface area contributed by atoms with Gasteiger partial charge in [-0.15, -0.1) is 0 Å². The van der Waals surface area contributed by atoms with Gasteiger partial charge in [0.1, 0.15) is 17.5 Å². The molecule has 148 valence electrons. The van der Waals surface area contributed by atoms with Crippen molar-refractivity contribution in [1.29, 1.82) is 0 Å². The predicted molar refractivity (Wildman–Crippen MR) is 114 cm³/mol. The lowest BCUT2D eigenvalue weighted by Gasteiger charge is -2.30. The SMILES string of the molecule is COC(=O)c1ccc2c(c1)CCN(c1cc(Nc3cccc(Cl)c3)nc(C)n1)C2. The lowest BCUT2D eigenvalue weighted by molar-refractivity contribution is 0.0600. The zero-order valence-electron chi connectivity index (χ0n) is 16.3. The Kier molecular flexibility index (Phi) is 5.36. The molecule has 0 aliphatic carbocycles. The Morgan fingerprint density at radius 2 is 2.00 bits per heavy atom. The number of ether oxygens (including phenoxy) is 1. The summed E-state index contributed by atoms with van der Waals surface area (Å²) in [5.41, 5.74) is 3.82. The van der Waals surface area contributed by atoms with Gasteiger partial charge in [-0.3, -0.25) is 0 Å². The Labute approximate surface area is 174 Å². The molecule has 1 aliphatic heterocycles. The summed E-state index contributed by atoms with van der Waals surface area (Å²) in [5.74, 6) is 1.98. The first kappa shape index (κ1) is 19.2. The summed E-state index contributed by atoms with van der Waals surface area (Å²) in [6.07, 6.45) is 0.834. The lowest BCUT2D eigenvalue weighted by atomic mass is 9.97. The van der Waals surface area contributed by atoms with Crippen molar-refractivity contribution in [2.75, 3.05) is 23.9 Å². The smallest absolute Gasteiger partial charge is 0.337 e. The van der Waals surface area contributed by atoms with Crippen LogP contribution in [0.4, 0.5) is 17.3 Å². The third kappa shape index (κ3) is 4.32. The Hall–Kier alpha value is -3.12. The molecule has 1 N–H and O–H groups in total. The number of methoxy groups -OCH3 is 1. The topological polar surface area (TPSA) is 67.3 Å². The van der Waals surface area contributed by atoms with Crippen LogP contribution < -0.4 is 10.2 Å². The van der Waals surface area contributed by atoms with E-state index >= 15 is 0 Å². The number of hydrogen-bond acceptors (Lipinski definition) is 6. The number of esters is 1. The van der Waals surface area contributed by atoms with Crippen LogP contribution in [0.5, 0.6) is 0 Å². The summed E-state index contributed by atoms with van der Waals surface area (Å²) >= 11 is 6.07. The standard InChI is InChI=1S/C22H21ClN4O2/c1-14-24-20(26-19-5-3-4-18(23)11-19)12-21(25-14)27-9-8-15-10-16(22(28)29-2)6-7-17(15)13-27/h3-7,10-12H,8-9,13H2,1-2H3,(H,24,25,26). The zero-order chi connectivity index (χ0) is 20.4. The summed E-state index contributed by atoms with van der Waals surface area (Å²) in [6.45, 7) is 3.42. The van der Waals surface area contributed by atoms with E-state index in [0.29, 0.717) is 16.4 Å². The van der Waals surface area contributed by atoms with Crippen LogP contribution in [0.1, 0.15) is 27.3 Å². The summed E-state index contributed by atoms with van der Waals surface area (Å²) in [6, 6.07) is 15.2.